The van der Waals surface area contributed by atoms with Gasteiger partial charge in [0, 0.05) is 12.7 Å². The third-order valence-corrected chi connectivity index (χ3v) is 3.74. The van der Waals surface area contributed by atoms with Gasteiger partial charge in [0.15, 0.2) is 0 Å². The number of pyridine rings is 1. The van der Waals surface area contributed by atoms with Crippen LogP contribution in [0.15, 0.2) is 29.4 Å². The second-order valence-corrected chi connectivity index (χ2v) is 5.02. The van der Waals surface area contributed by atoms with Crippen molar-refractivity contribution in [3.63, 3.8) is 0 Å². The molecular weight excluding hydrogens is 220 g/mol. The molecule has 1 heterocycles. The van der Waals surface area contributed by atoms with Crippen molar-refractivity contribution >= 4 is 11.8 Å². The molecular formula is C12H20N2OS. The topological polar surface area (TPSA) is 59.1 Å². The fourth-order valence-corrected chi connectivity index (χ4v) is 2.24. The van der Waals surface area contributed by atoms with E-state index in [4.69, 9.17) is 5.73 Å². The molecule has 1 aromatic heterocycles. The minimum atomic E-state index is -0.676. The summed E-state index contributed by atoms with van der Waals surface area (Å²) in [5, 5.41) is 11.0. The molecule has 3 nitrogen and oxygen atoms in total. The van der Waals surface area contributed by atoms with Crippen LogP contribution in [0.25, 0.3) is 0 Å². The standard InChI is InChI=1S/C12H20N2OS/c1-2-12(15,10-13)7-5-9-16-11-6-3-4-8-14-11/h3-4,6,8,15H,2,5,7,9-10,13H2,1H3. The molecule has 0 bridgehead atoms. The van der Waals surface area contributed by atoms with Crippen LogP contribution >= 0.6 is 11.8 Å². The fraction of sp³-hybridized carbons (Fsp3) is 0.583. The summed E-state index contributed by atoms with van der Waals surface area (Å²) in [5.41, 5.74) is 4.87. The Labute approximate surface area is 101 Å². The summed E-state index contributed by atoms with van der Waals surface area (Å²) in [6.07, 6.45) is 4.24. The molecule has 0 radical (unpaired) electrons. The third kappa shape index (κ3) is 4.51. The maximum Gasteiger partial charge on any atom is 0.0959 e. The molecule has 0 spiro atoms. The van der Waals surface area contributed by atoms with Gasteiger partial charge in [0.05, 0.1) is 10.6 Å². The smallest absolute Gasteiger partial charge is 0.0959 e. The molecule has 1 aromatic rings. The van der Waals surface area contributed by atoms with Gasteiger partial charge in [-0.25, -0.2) is 4.98 Å². The van der Waals surface area contributed by atoms with Crippen molar-refractivity contribution in [1.82, 2.24) is 4.98 Å². The number of nitrogens with two attached hydrogens (primary N) is 1. The summed E-state index contributed by atoms with van der Waals surface area (Å²) in [7, 11) is 0. The molecule has 0 aromatic carbocycles. The van der Waals surface area contributed by atoms with Gasteiger partial charge in [-0.3, -0.25) is 0 Å². The maximum atomic E-state index is 9.98. The van der Waals surface area contributed by atoms with E-state index in [0.717, 1.165) is 30.0 Å². The van der Waals surface area contributed by atoms with E-state index in [1.165, 1.54) is 0 Å². The van der Waals surface area contributed by atoms with Gasteiger partial charge in [0.2, 0.25) is 0 Å². The van der Waals surface area contributed by atoms with Gasteiger partial charge in [-0.05, 0) is 37.1 Å². The number of thioether (sulfide) groups is 1. The van der Waals surface area contributed by atoms with Crippen LogP contribution in [0.2, 0.25) is 0 Å². The Bertz CT molecular complexity index is 288. The van der Waals surface area contributed by atoms with E-state index < -0.39 is 5.60 Å². The van der Waals surface area contributed by atoms with Crippen molar-refractivity contribution in [3.05, 3.63) is 24.4 Å². The van der Waals surface area contributed by atoms with Crippen LogP contribution in [0.3, 0.4) is 0 Å². The third-order valence-electron chi connectivity index (χ3n) is 2.71. The van der Waals surface area contributed by atoms with Crippen molar-refractivity contribution in [1.29, 1.82) is 0 Å². The zero-order chi connectivity index (χ0) is 11.9. The fourth-order valence-electron chi connectivity index (χ4n) is 1.43. The zero-order valence-corrected chi connectivity index (χ0v) is 10.5. The number of hydrogen-bond donors (Lipinski definition) is 2. The Balaban J connectivity index is 2.22. The summed E-state index contributed by atoms with van der Waals surface area (Å²) in [6, 6.07) is 5.89. The molecule has 3 N–H and O–H groups in total. The first-order chi connectivity index (χ1) is 7.70. The van der Waals surface area contributed by atoms with E-state index in [9.17, 15) is 5.11 Å². The first kappa shape index (κ1) is 13.5. The lowest BCUT2D eigenvalue weighted by Gasteiger charge is -2.24. The van der Waals surface area contributed by atoms with Crippen molar-refractivity contribution in [2.45, 2.75) is 36.8 Å². The molecule has 1 atom stereocenters. The molecule has 0 aliphatic rings. The molecule has 0 aliphatic heterocycles. The largest absolute Gasteiger partial charge is 0.389 e. The van der Waals surface area contributed by atoms with Crippen molar-refractivity contribution < 1.29 is 5.11 Å². The minimum Gasteiger partial charge on any atom is -0.389 e. The predicted molar refractivity (Wildman–Crippen MR) is 68.5 cm³/mol. The van der Waals surface area contributed by atoms with E-state index >= 15 is 0 Å². The average Bonchev–Trinajstić information content (AvgIpc) is 2.36. The SMILES string of the molecule is CCC(O)(CN)CCCSc1ccccn1. The summed E-state index contributed by atoms with van der Waals surface area (Å²) in [6.45, 7) is 2.32. The van der Waals surface area contributed by atoms with Gasteiger partial charge in [-0.1, -0.05) is 13.0 Å². The molecule has 16 heavy (non-hydrogen) atoms. The molecule has 0 fully saturated rings. The molecule has 0 saturated heterocycles. The van der Waals surface area contributed by atoms with Crippen LogP contribution < -0.4 is 5.73 Å². The van der Waals surface area contributed by atoms with E-state index in [1.807, 2.05) is 25.1 Å². The number of aromatic nitrogens is 1. The van der Waals surface area contributed by atoms with Crippen LogP contribution in [0.4, 0.5) is 0 Å². The highest BCUT2D eigenvalue weighted by molar-refractivity contribution is 7.99. The summed E-state index contributed by atoms with van der Waals surface area (Å²) < 4.78 is 0. The second kappa shape index (κ2) is 6.89. The van der Waals surface area contributed by atoms with Crippen LogP contribution in [0.1, 0.15) is 26.2 Å². The highest BCUT2D eigenvalue weighted by Crippen LogP contribution is 2.20. The second-order valence-electron chi connectivity index (χ2n) is 3.90. The van der Waals surface area contributed by atoms with Crippen molar-refractivity contribution in [2.24, 2.45) is 5.73 Å². The Morgan fingerprint density at radius 2 is 2.31 bits per heavy atom. The average molecular weight is 240 g/mol. The van der Waals surface area contributed by atoms with Crippen LogP contribution in [0, 0.1) is 0 Å². The Hall–Kier alpha value is -0.580. The first-order valence-electron chi connectivity index (χ1n) is 5.66. The van der Waals surface area contributed by atoms with Gasteiger partial charge in [0.25, 0.3) is 0 Å². The number of nitrogens with zero attached hydrogens (tertiary/aromatic N) is 1. The quantitative estimate of drug-likeness (QED) is 0.566. The predicted octanol–water partition coefficient (Wildman–Crippen LogP) is 2.05. The highest BCUT2D eigenvalue weighted by Gasteiger charge is 2.21. The normalized spacial score (nSPS) is 14.7. The van der Waals surface area contributed by atoms with E-state index in [0.29, 0.717) is 6.54 Å². The molecule has 0 saturated carbocycles. The summed E-state index contributed by atoms with van der Waals surface area (Å²) in [4.78, 5) is 4.23. The van der Waals surface area contributed by atoms with Gasteiger partial charge < -0.3 is 10.8 Å². The molecule has 1 unspecified atom stereocenters. The Morgan fingerprint density at radius 1 is 1.50 bits per heavy atom. The molecule has 90 valence electrons. The lowest BCUT2D eigenvalue weighted by atomic mass is 9.95. The van der Waals surface area contributed by atoms with Crippen LogP contribution in [0.5, 0.6) is 0 Å². The lowest BCUT2D eigenvalue weighted by molar-refractivity contribution is 0.0360. The van der Waals surface area contributed by atoms with Gasteiger partial charge in [-0.2, -0.15) is 0 Å². The highest BCUT2D eigenvalue weighted by atomic mass is 32.2. The monoisotopic (exact) mass is 240 g/mol. The molecule has 1 rings (SSSR count). The molecule has 0 aliphatic carbocycles. The Kier molecular flexibility index (Phi) is 5.80. The number of rotatable bonds is 7. The number of hydrogen-bond acceptors (Lipinski definition) is 4. The zero-order valence-electron chi connectivity index (χ0n) is 9.72. The number of aliphatic hydroxyl groups is 1. The minimum absolute atomic E-state index is 0.345. The van der Waals surface area contributed by atoms with Gasteiger partial charge in [-0.15, -0.1) is 11.8 Å². The summed E-state index contributed by atoms with van der Waals surface area (Å²) in [5.74, 6) is 0.972. The Morgan fingerprint density at radius 3 is 2.88 bits per heavy atom. The van der Waals surface area contributed by atoms with E-state index in [-0.39, 0.29) is 0 Å². The van der Waals surface area contributed by atoms with E-state index in [1.54, 1.807) is 18.0 Å². The first-order valence-corrected chi connectivity index (χ1v) is 6.65. The summed E-state index contributed by atoms with van der Waals surface area (Å²) >= 11 is 1.72. The van der Waals surface area contributed by atoms with Crippen molar-refractivity contribution in [3.8, 4) is 0 Å². The van der Waals surface area contributed by atoms with Gasteiger partial charge >= 0.3 is 0 Å². The van der Waals surface area contributed by atoms with Crippen LogP contribution in [-0.4, -0.2) is 28.0 Å². The van der Waals surface area contributed by atoms with Crippen LogP contribution in [-0.2, 0) is 0 Å². The van der Waals surface area contributed by atoms with E-state index in [2.05, 4.69) is 4.98 Å². The molecule has 0 amide bonds. The lowest BCUT2D eigenvalue weighted by Crippen LogP contribution is -2.36. The maximum absolute atomic E-state index is 9.98. The van der Waals surface area contributed by atoms with Crippen molar-refractivity contribution in [2.75, 3.05) is 12.3 Å². The van der Waals surface area contributed by atoms with Gasteiger partial charge in [0.1, 0.15) is 0 Å². The molecule has 4 heteroatoms.